The molecule has 0 unspecified atom stereocenters. The highest BCUT2D eigenvalue weighted by Crippen LogP contribution is 2.38. The molecule has 1 amide bonds. The largest absolute Gasteiger partial charge is 0.437 e. The first-order valence-electron chi connectivity index (χ1n) is 14.0. The topological polar surface area (TPSA) is 101 Å². The molecule has 2 aromatic heterocycles. The summed E-state index contributed by atoms with van der Waals surface area (Å²) >= 11 is 0. The van der Waals surface area contributed by atoms with Crippen LogP contribution in [0.5, 0.6) is 11.6 Å². The maximum absolute atomic E-state index is 13.3. The van der Waals surface area contributed by atoms with Crippen LogP contribution in [0.15, 0.2) is 85.2 Å². The molecular weight excluding hydrogens is 531 g/mol. The second-order valence-electron chi connectivity index (χ2n) is 10.4. The van der Waals surface area contributed by atoms with E-state index in [1.807, 2.05) is 55.5 Å². The van der Waals surface area contributed by atoms with Crippen LogP contribution in [0.2, 0.25) is 0 Å². The highest BCUT2D eigenvalue weighted by atomic mass is 19.1. The predicted octanol–water partition coefficient (Wildman–Crippen LogP) is 6.28. The molecule has 42 heavy (non-hydrogen) atoms. The molecule has 1 aliphatic rings. The number of piperidine rings is 1. The second-order valence-corrected chi connectivity index (χ2v) is 10.4. The summed E-state index contributed by atoms with van der Waals surface area (Å²) in [4.78, 5) is 26.6. The van der Waals surface area contributed by atoms with E-state index < -0.39 is 0 Å². The molecule has 3 heterocycles. The van der Waals surface area contributed by atoms with E-state index in [0.29, 0.717) is 29.0 Å². The lowest BCUT2D eigenvalue weighted by atomic mass is 10.0. The fourth-order valence-electron chi connectivity index (χ4n) is 5.17. The average Bonchev–Trinajstić information content (AvgIpc) is 3.01. The number of carbonyl (C=O) groups is 1. The van der Waals surface area contributed by atoms with Crippen molar-refractivity contribution in [3.05, 3.63) is 102 Å². The van der Waals surface area contributed by atoms with E-state index in [1.165, 1.54) is 12.1 Å². The maximum atomic E-state index is 13.3. The third kappa shape index (κ3) is 6.21. The van der Waals surface area contributed by atoms with Gasteiger partial charge in [0.05, 0.1) is 17.7 Å². The van der Waals surface area contributed by atoms with Crippen LogP contribution < -0.4 is 20.7 Å². The lowest BCUT2D eigenvalue weighted by Crippen LogP contribution is -2.38. The van der Waals surface area contributed by atoms with Gasteiger partial charge in [0.1, 0.15) is 11.6 Å². The van der Waals surface area contributed by atoms with Crippen molar-refractivity contribution in [2.24, 2.45) is 0 Å². The zero-order valence-corrected chi connectivity index (χ0v) is 23.2. The summed E-state index contributed by atoms with van der Waals surface area (Å²) in [6.45, 7) is 3.89. The molecule has 9 heteroatoms. The number of aryl methyl sites for hydroxylation is 1. The van der Waals surface area contributed by atoms with Crippen LogP contribution >= 0.6 is 0 Å². The van der Waals surface area contributed by atoms with Crippen LogP contribution in [0.4, 0.5) is 16.0 Å². The summed E-state index contributed by atoms with van der Waals surface area (Å²) in [5, 5.41) is 11.5. The van der Waals surface area contributed by atoms with Crippen molar-refractivity contribution in [2.45, 2.75) is 32.2 Å². The van der Waals surface area contributed by atoms with Gasteiger partial charge in [-0.25, -0.2) is 19.3 Å². The van der Waals surface area contributed by atoms with Gasteiger partial charge in [-0.05, 0) is 73.8 Å². The third-order valence-electron chi connectivity index (χ3n) is 7.29. The average molecular weight is 563 g/mol. The quantitative estimate of drug-likeness (QED) is 0.205. The van der Waals surface area contributed by atoms with E-state index in [4.69, 9.17) is 9.72 Å². The highest BCUT2D eigenvalue weighted by molar-refractivity contribution is 6.05. The number of aromatic nitrogens is 3. The van der Waals surface area contributed by atoms with Gasteiger partial charge >= 0.3 is 0 Å². The monoisotopic (exact) mass is 562 g/mol. The zero-order valence-electron chi connectivity index (χ0n) is 23.2. The molecule has 0 radical (unpaired) electrons. The van der Waals surface area contributed by atoms with Gasteiger partial charge in [0.2, 0.25) is 17.7 Å². The number of anilines is 2. The first-order chi connectivity index (χ1) is 20.5. The number of pyridine rings is 1. The molecule has 0 saturated carbocycles. The summed E-state index contributed by atoms with van der Waals surface area (Å²) in [7, 11) is 0. The molecule has 1 fully saturated rings. The van der Waals surface area contributed by atoms with Gasteiger partial charge in [-0.3, -0.25) is 4.79 Å². The normalized spacial score (nSPS) is 14.9. The van der Waals surface area contributed by atoms with Gasteiger partial charge in [0.15, 0.2) is 0 Å². The summed E-state index contributed by atoms with van der Waals surface area (Å²) in [6, 6.07) is 21.5. The number of ether oxygens (including phenoxy) is 1. The number of nitrogens with zero attached hydrogens (tertiary/aromatic N) is 3. The predicted molar refractivity (Wildman–Crippen MR) is 162 cm³/mol. The minimum Gasteiger partial charge on any atom is -0.437 e. The minimum atomic E-state index is -0.332. The van der Waals surface area contributed by atoms with E-state index in [9.17, 15) is 9.18 Å². The number of carbonyl (C=O) groups excluding carboxylic acids is 1. The lowest BCUT2D eigenvalue weighted by molar-refractivity contribution is -0.115. The summed E-state index contributed by atoms with van der Waals surface area (Å²) in [5.74, 6) is 1.10. The molecular formula is C33H31FN6O2. The van der Waals surface area contributed by atoms with Crippen LogP contribution in [0.25, 0.3) is 22.0 Å². The van der Waals surface area contributed by atoms with E-state index in [2.05, 4.69) is 25.9 Å². The Hall–Kier alpha value is -4.89. The van der Waals surface area contributed by atoms with Crippen molar-refractivity contribution < 1.29 is 13.9 Å². The summed E-state index contributed by atoms with van der Waals surface area (Å²) in [5.41, 5.74) is 3.75. The molecule has 1 saturated heterocycles. The molecule has 1 atom stereocenters. The van der Waals surface area contributed by atoms with Crippen molar-refractivity contribution >= 4 is 28.3 Å². The van der Waals surface area contributed by atoms with Crippen molar-refractivity contribution in [1.82, 2.24) is 20.3 Å². The third-order valence-corrected chi connectivity index (χ3v) is 7.29. The van der Waals surface area contributed by atoms with Crippen LogP contribution in [0, 0.1) is 12.7 Å². The first kappa shape index (κ1) is 27.3. The molecule has 0 bridgehead atoms. The SMILES string of the molecule is Cc1ccc2c(NC(=O)Cc3ccc(F)cc3)cccc2c1Oc1ncccc1-c1ccnc(N[C@H]2CCCNC2)n1. The van der Waals surface area contributed by atoms with E-state index in [0.717, 1.165) is 53.4 Å². The van der Waals surface area contributed by atoms with Crippen molar-refractivity contribution in [3.63, 3.8) is 0 Å². The Labute approximate surface area is 243 Å². The molecule has 0 aliphatic carbocycles. The molecule has 3 N–H and O–H groups in total. The number of hydrogen-bond acceptors (Lipinski definition) is 7. The van der Waals surface area contributed by atoms with Gasteiger partial charge in [-0.1, -0.05) is 36.4 Å². The zero-order chi connectivity index (χ0) is 28.9. The number of nitrogens with one attached hydrogen (secondary N) is 3. The van der Waals surface area contributed by atoms with E-state index >= 15 is 0 Å². The van der Waals surface area contributed by atoms with Crippen LogP contribution in [0.1, 0.15) is 24.0 Å². The van der Waals surface area contributed by atoms with Crippen molar-refractivity contribution in [1.29, 1.82) is 0 Å². The fourth-order valence-corrected chi connectivity index (χ4v) is 5.17. The number of rotatable bonds is 8. The molecule has 8 nitrogen and oxygen atoms in total. The van der Waals surface area contributed by atoms with Gasteiger partial charge in [0.25, 0.3) is 0 Å². The molecule has 5 aromatic rings. The Kier molecular flexibility index (Phi) is 8.00. The van der Waals surface area contributed by atoms with Crippen molar-refractivity contribution in [3.8, 4) is 22.9 Å². The van der Waals surface area contributed by atoms with E-state index in [-0.39, 0.29) is 24.2 Å². The Morgan fingerprint density at radius 2 is 1.88 bits per heavy atom. The number of halogens is 1. The Bertz CT molecular complexity index is 1720. The standard InChI is InChI=1S/C33H31FN6O2/c1-21-9-14-25-26(6-2-8-28(25)39-30(41)19-22-10-12-23(34)13-11-22)31(21)42-32-27(7-4-17-36-32)29-15-18-37-33(40-29)38-24-5-3-16-35-20-24/h2,4,6-15,17-18,24,35H,3,5,16,19-20H2,1H3,(H,39,41)(H,37,38,40)/t24-/m0/s1. The van der Waals surface area contributed by atoms with Gasteiger partial charge in [0, 0.05) is 41.4 Å². The fraction of sp³-hybridized carbons (Fsp3) is 0.212. The number of fused-ring (bicyclic) bond motifs is 1. The summed E-state index contributed by atoms with van der Waals surface area (Å²) < 4.78 is 19.8. The number of hydrogen-bond donors (Lipinski definition) is 3. The lowest BCUT2D eigenvalue weighted by Gasteiger charge is -2.23. The van der Waals surface area contributed by atoms with Crippen LogP contribution in [-0.4, -0.2) is 40.0 Å². The molecule has 6 rings (SSSR count). The summed E-state index contributed by atoms with van der Waals surface area (Å²) in [6.07, 6.45) is 5.74. The Morgan fingerprint density at radius 3 is 2.71 bits per heavy atom. The maximum Gasteiger partial charge on any atom is 0.228 e. The van der Waals surface area contributed by atoms with Gasteiger partial charge in [-0.15, -0.1) is 0 Å². The van der Waals surface area contributed by atoms with Gasteiger partial charge in [-0.2, -0.15) is 0 Å². The highest BCUT2D eigenvalue weighted by Gasteiger charge is 2.18. The van der Waals surface area contributed by atoms with Crippen molar-refractivity contribution in [2.75, 3.05) is 23.7 Å². The molecule has 1 aliphatic heterocycles. The minimum absolute atomic E-state index is 0.135. The van der Waals surface area contributed by atoms with Gasteiger partial charge < -0.3 is 20.7 Å². The van der Waals surface area contributed by atoms with E-state index in [1.54, 1.807) is 24.5 Å². The molecule has 0 spiro atoms. The smallest absolute Gasteiger partial charge is 0.228 e. The number of benzene rings is 3. The first-order valence-corrected chi connectivity index (χ1v) is 14.0. The van der Waals surface area contributed by atoms with Crippen LogP contribution in [-0.2, 0) is 11.2 Å². The second kappa shape index (κ2) is 12.3. The van der Waals surface area contributed by atoms with Crippen LogP contribution in [0.3, 0.4) is 0 Å². The Balaban J connectivity index is 1.27. The molecule has 3 aromatic carbocycles. The number of amides is 1. The Morgan fingerprint density at radius 1 is 1.00 bits per heavy atom. The molecule has 212 valence electrons.